The minimum atomic E-state index is -4.64. The number of carbonyl (C=O) groups excluding carboxylic acids is 2. The number of halogens is 3. The van der Waals surface area contributed by atoms with Crippen molar-refractivity contribution in [3.8, 4) is 27.6 Å². The maximum atomic E-state index is 13.5. The molecule has 0 aromatic carbocycles. The smallest absolute Gasteiger partial charge is 0.434 e. The minimum Gasteiger partial charge on any atom is -0.477 e. The van der Waals surface area contributed by atoms with Gasteiger partial charge in [-0.15, -0.1) is 11.3 Å². The first-order chi connectivity index (χ1) is 20.1. The van der Waals surface area contributed by atoms with Gasteiger partial charge in [0.15, 0.2) is 5.69 Å². The predicted octanol–water partition coefficient (Wildman–Crippen LogP) is 4.59. The first-order valence-electron chi connectivity index (χ1n) is 13.3. The monoisotopic (exact) mass is 603 g/mol. The normalized spacial score (nSPS) is 17.2. The molecule has 2 amide bonds. The second-order valence-corrected chi connectivity index (χ2v) is 10.6. The molecule has 5 rings (SSSR count). The number of likely N-dealkylation sites (tertiary alicyclic amines) is 1. The Morgan fingerprint density at radius 3 is 2.71 bits per heavy atom. The molecule has 15 heteroatoms. The highest BCUT2D eigenvalue weighted by Crippen LogP contribution is 2.41. The zero-order valence-corrected chi connectivity index (χ0v) is 23.6. The number of aromatic nitrogens is 3. The van der Waals surface area contributed by atoms with Gasteiger partial charge in [-0.25, -0.2) is 29.5 Å². The van der Waals surface area contributed by atoms with Gasteiger partial charge in [-0.1, -0.05) is 0 Å². The SMILES string of the molecule is CCNC(=O)Nc1cc(-c2nc(C(F)(F)F)cs2)c(-c2cc(C3=NCC(=O)O3)cnc2OCCC2CCCN2C)cn1. The highest BCUT2D eigenvalue weighted by Gasteiger charge is 2.34. The number of nitrogens with zero attached hydrogens (tertiary/aromatic N) is 5. The summed E-state index contributed by atoms with van der Waals surface area (Å²) in [5.41, 5.74) is 0.339. The lowest BCUT2D eigenvalue weighted by Crippen LogP contribution is -2.28. The number of amides is 2. The predicted molar refractivity (Wildman–Crippen MR) is 150 cm³/mol. The van der Waals surface area contributed by atoms with Crippen LogP contribution in [0.4, 0.5) is 23.8 Å². The van der Waals surface area contributed by atoms with Crippen LogP contribution >= 0.6 is 11.3 Å². The van der Waals surface area contributed by atoms with Crippen LogP contribution in [0.5, 0.6) is 5.88 Å². The molecule has 3 aromatic heterocycles. The Bertz CT molecular complexity index is 1510. The molecule has 2 N–H and O–H groups in total. The fourth-order valence-corrected chi connectivity index (χ4v) is 5.59. The zero-order chi connectivity index (χ0) is 29.9. The minimum absolute atomic E-state index is 0.0484. The lowest BCUT2D eigenvalue weighted by molar-refractivity contribution is -0.140. The molecule has 1 fully saturated rings. The molecule has 11 nitrogen and oxygen atoms in total. The number of esters is 1. The van der Waals surface area contributed by atoms with Crippen LogP contribution in [0.3, 0.4) is 0 Å². The number of hydrogen-bond donors (Lipinski definition) is 2. The van der Waals surface area contributed by atoms with Crippen molar-refractivity contribution in [1.82, 2.24) is 25.2 Å². The molecule has 1 unspecified atom stereocenters. The second kappa shape index (κ2) is 12.4. The van der Waals surface area contributed by atoms with Crippen molar-refractivity contribution in [2.75, 3.05) is 38.6 Å². The van der Waals surface area contributed by atoms with Crippen molar-refractivity contribution >= 4 is 35.1 Å². The number of cyclic esters (lactones) is 1. The molecule has 42 heavy (non-hydrogen) atoms. The standard InChI is InChI=1S/C27H28F3N7O4S/c1-3-31-26(39)36-21-10-18(25-35-20(14-42-25)27(28,29)30)19(12-32-21)17-9-15(23-34-13-22(38)41-23)11-33-24(17)40-8-6-16-5-4-7-37(16)2/h9-12,14,16H,3-8,13H2,1-2H3,(H2,31,32,36,39). The van der Waals surface area contributed by atoms with Crippen LogP contribution in [0.25, 0.3) is 21.7 Å². The van der Waals surface area contributed by atoms with E-state index >= 15 is 0 Å². The fraction of sp³-hybridized carbons (Fsp3) is 0.407. The van der Waals surface area contributed by atoms with E-state index in [1.54, 1.807) is 13.0 Å². The van der Waals surface area contributed by atoms with E-state index in [-0.39, 0.29) is 34.7 Å². The number of nitrogens with one attached hydrogen (secondary N) is 2. The first-order valence-corrected chi connectivity index (χ1v) is 14.2. The van der Waals surface area contributed by atoms with E-state index in [1.165, 1.54) is 18.5 Å². The van der Waals surface area contributed by atoms with E-state index < -0.39 is 23.9 Å². The summed E-state index contributed by atoms with van der Waals surface area (Å²) >= 11 is 0.800. The Hall–Kier alpha value is -4.11. The Balaban J connectivity index is 1.57. The van der Waals surface area contributed by atoms with E-state index in [4.69, 9.17) is 9.47 Å². The van der Waals surface area contributed by atoms with Gasteiger partial charge < -0.3 is 19.7 Å². The Kier molecular flexibility index (Phi) is 8.68. The molecule has 5 heterocycles. The Labute approximate surface area is 243 Å². The van der Waals surface area contributed by atoms with Gasteiger partial charge in [0.05, 0.1) is 12.2 Å². The van der Waals surface area contributed by atoms with E-state index in [9.17, 15) is 22.8 Å². The van der Waals surface area contributed by atoms with E-state index in [1.807, 2.05) is 0 Å². The van der Waals surface area contributed by atoms with E-state index in [0.29, 0.717) is 35.9 Å². The van der Waals surface area contributed by atoms with Gasteiger partial charge in [0, 0.05) is 47.1 Å². The molecule has 1 atom stereocenters. The number of rotatable bonds is 9. The molecule has 0 radical (unpaired) electrons. The van der Waals surface area contributed by atoms with Gasteiger partial charge in [0.2, 0.25) is 11.8 Å². The number of aliphatic imine (C=N–C) groups is 1. The molecule has 3 aromatic rings. The van der Waals surface area contributed by atoms with Crippen molar-refractivity contribution in [1.29, 1.82) is 0 Å². The van der Waals surface area contributed by atoms with Crippen LogP contribution in [0.15, 0.2) is 34.9 Å². The zero-order valence-electron chi connectivity index (χ0n) is 22.8. The summed E-state index contributed by atoms with van der Waals surface area (Å²) in [6, 6.07) is 2.93. The summed E-state index contributed by atoms with van der Waals surface area (Å²) < 4.78 is 51.7. The van der Waals surface area contributed by atoms with Gasteiger partial charge in [-0.2, -0.15) is 13.2 Å². The van der Waals surface area contributed by atoms with E-state index in [2.05, 4.69) is 42.5 Å². The molecule has 2 aliphatic rings. The summed E-state index contributed by atoms with van der Waals surface area (Å²) in [5.74, 6) is -0.124. The molecular weight excluding hydrogens is 575 g/mol. The van der Waals surface area contributed by atoms with Crippen LogP contribution in [0.1, 0.15) is 37.4 Å². The summed E-state index contributed by atoms with van der Waals surface area (Å²) in [4.78, 5) is 42.9. The highest BCUT2D eigenvalue weighted by atomic mass is 32.1. The maximum absolute atomic E-state index is 13.5. The Morgan fingerprint density at radius 1 is 1.21 bits per heavy atom. The van der Waals surface area contributed by atoms with Crippen LogP contribution < -0.4 is 15.4 Å². The van der Waals surface area contributed by atoms with Gasteiger partial charge >= 0.3 is 18.2 Å². The molecule has 0 spiro atoms. The van der Waals surface area contributed by atoms with E-state index in [0.717, 1.165) is 42.5 Å². The fourth-order valence-electron chi connectivity index (χ4n) is 4.74. The number of hydrogen-bond acceptors (Lipinski definition) is 10. The number of urea groups is 1. The largest absolute Gasteiger partial charge is 0.477 e. The molecule has 1 saturated heterocycles. The molecule has 2 aliphatic heterocycles. The van der Waals surface area contributed by atoms with Crippen LogP contribution in [-0.2, 0) is 15.7 Å². The number of alkyl halides is 3. The van der Waals surface area contributed by atoms with Gasteiger partial charge in [0.1, 0.15) is 17.4 Å². The van der Waals surface area contributed by atoms with Crippen molar-refractivity contribution in [3.63, 3.8) is 0 Å². The van der Waals surface area contributed by atoms with Crippen molar-refractivity contribution < 1.29 is 32.2 Å². The van der Waals surface area contributed by atoms with Crippen molar-refractivity contribution in [2.45, 2.75) is 38.4 Å². The average Bonchev–Trinajstić information content (AvgIpc) is 3.71. The summed E-state index contributed by atoms with van der Waals surface area (Å²) in [7, 11) is 2.07. The molecule has 0 bridgehead atoms. The van der Waals surface area contributed by atoms with Crippen molar-refractivity contribution in [2.24, 2.45) is 4.99 Å². The number of ether oxygens (including phenoxy) is 2. The quantitative estimate of drug-likeness (QED) is 0.340. The molecule has 222 valence electrons. The summed E-state index contributed by atoms with van der Waals surface area (Å²) in [6.07, 6.45) is 1.15. The van der Waals surface area contributed by atoms with Crippen LogP contribution in [-0.4, -0.2) is 77.1 Å². The summed E-state index contributed by atoms with van der Waals surface area (Å²) in [6.45, 7) is 3.34. The first kappa shape index (κ1) is 29.4. The summed E-state index contributed by atoms with van der Waals surface area (Å²) in [5, 5.41) is 6.14. The van der Waals surface area contributed by atoms with Crippen molar-refractivity contribution in [3.05, 3.63) is 41.2 Å². The van der Waals surface area contributed by atoms with Crippen LogP contribution in [0.2, 0.25) is 0 Å². The third-order valence-electron chi connectivity index (χ3n) is 6.82. The topological polar surface area (TPSA) is 131 Å². The van der Waals surface area contributed by atoms with Gasteiger partial charge in [-0.3, -0.25) is 5.32 Å². The third-order valence-corrected chi connectivity index (χ3v) is 7.70. The lowest BCUT2D eigenvalue weighted by Gasteiger charge is -2.20. The molecular formula is C27H28F3N7O4S. The lowest BCUT2D eigenvalue weighted by atomic mass is 10.0. The average molecular weight is 604 g/mol. The maximum Gasteiger partial charge on any atom is 0.434 e. The molecule has 0 saturated carbocycles. The number of carbonyl (C=O) groups is 2. The Morgan fingerprint density at radius 2 is 2.05 bits per heavy atom. The van der Waals surface area contributed by atoms with Gasteiger partial charge in [-0.05, 0) is 51.9 Å². The van der Waals surface area contributed by atoms with Gasteiger partial charge in [0.25, 0.3) is 0 Å². The number of pyridine rings is 2. The van der Waals surface area contributed by atoms with Crippen LogP contribution in [0, 0.1) is 0 Å². The third kappa shape index (κ3) is 6.68. The second-order valence-electron chi connectivity index (χ2n) is 9.72. The highest BCUT2D eigenvalue weighted by molar-refractivity contribution is 7.13. The number of anilines is 1. The molecule has 0 aliphatic carbocycles. The number of thiazole rings is 1.